The van der Waals surface area contributed by atoms with E-state index in [0.717, 1.165) is 5.56 Å². The van der Waals surface area contributed by atoms with Crippen LogP contribution in [0.1, 0.15) is 39.0 Å². The van der Waals surface area contributed by atoms with Crippen molar-refractivity contribution in [1.82, 2.24) is 4.57 Å². The zero-order chi connectivity index (χ0) is 23.0. The van der Waals surface area contributed by atoms with Gasteiger partial charge < -0.3 is 29.7 Å². The highest BCUT2D eigenvalue weighted by molar-refractivity contribution is 5.47. The number of aromatic nitrogens is 1. The molecule has 1 heterocycles. The molecule has 2 fully saturated rings. The van der Waals surface area contributed by atoms with Crippen molar-refractivity contribution < 1.29 is 25.2 Å². The minimum absolute atomic E-state index is 0.0740. The lowest BCUT2D eigenvalue weighted by Crippen LogP contribution is -2.46. The van der Waals surface area contributed by atoms with Crippen LogP contribution in [0, 0.1) is 17.8 Å². The third-order valence-corrected chi connectivity index (χ3v) is 8.02. The second-order valence-corrected chi connectivity index (χ2v) is 10.1. The van der Waals surface area contributed by atoms with E-state index in [4.69, 9.17) is 4.74 Å². The van der Waals surface area contributed by atoms with Crippen LogP contribution in [-0.4, -0.2) is 47.9 Å². The molecular weight excluding hydrogens is 398 g/mol. The first-order valence-electron chi connectivity index (χ1n) is 10.5. The second-order valence-electron chi connectivity index (χ2n) is 10.1. The molecule has 4 N–H and O–H groups in total. The maximum atomic E-state index is 12.4. The van der Waals surface area contributed by atoms with Crippen LogP contribution in [0.4, 0.5) is 0 Å². The number of aliphatic hydroxyl groups is 4. The lowest BCUT2D eigenvalue weighted by molar-refractivity contribution is -0.111. The molecule has 1 unspecified atom stereocenters. The molecule has 4 rings (SSSR count). The maximum absolute atomic E-state index is 12.4. The summed E-state index contributed by atoms with van der Waals surface area (Å²) in [7, 11) is 0. The van der Waals surface area contributed by atoms with Crippen molar-refractivity contribution in [2.75, 3.05) is 0 Å². The van der Waals surface area contributed by atoms with E-state index in [0.29, 0.717) is 5.69 Å². The maximum Gasteiger partial charge on any atom is 0.223 e. The summed E-state index contributed by atoms with van der Waals surface area (Å²) in [6.45, 7) is 8.50. The Morgan fingerprint density at radius 3 is 2.16 bits per heavy atom. The van der Waals surface area contributed by atoms with E-state index in [1.807, 2.05) is 30.3 Å². The highest BCUT2D eigenvalue weighted by atomic mass is 16.5. The van der Waals surface area contributed by atoms with Gasteiger partial charge in [-0.3, -0.25) is 4.79 Å². The number of hydrogen-bond acceptors (Lipinski definition) is 6. The number of pyridine rings is 1. The Morgan fingerprint density at radius 1 is 1.03 bits per heavy atom. The van der Waals surface area contributed by atoms with Gasteiger partial charge in [-0.15, -0.1) is 0 Å². The van der Waals surface area contributed by atoms with E-state index < -0.39 is 33.7 Å². The van der Waals surface area contributed by atoms with Gasteiger partial charge in [0.25, 0.3) is 0 Å². The lowest BCUT2D eigenvalue weighted by Gasteiger charge is -2.26. The molecule has 2 aliphatic carbocycles. The Morgan fingerprint density at radius 2 is 1.61 bits per heavy atom. The molecule has 0 aliphatic heterocycles. The molecule has 0 spiro atoms. The minimum Gasteiger partial charge on any atom is -0.483 e. The number of aliphatic hydroxyl groups excluding tert-OH is 1. The Balaban J connectivity index is 1.64. The van der Waals surface area contributed by atoms with E-state index >= 15 is 0 Å². The predicted octanol–water partition coefficient (Wildman–Crippen LogP) is 1.37. The van der Waals surface area contributed by atoms with Crippen molar-refractivity contribution in [3.05, 3.63) is 64.1 Å². The number of nitrogens with zero attached hydrogens (tertiary/aromatic N) is 1. The van der Waals surface area contributed by atoms with Crippen LogP contribution in [0.2, 0.25) is 0 Å². The summed E-state index contributed by atoms with van der Waals surface area (Å²) in [4.78, 5) is 12.4. The van der Waals surface area contributed by atoms with E-state index in [9.17, 15) is 25.2 Å². The molecule has 0 saturated heterocycles. The van der Waals surface area contributed by atoms with Gasteiger partial charge in [0.15, 0.2) is 5.75 Å². The molecule has 7 nitrogen and oxygen atoms in total. The van der Waals surface area contributed by atoms with Crippen LogP contribution >= 0.6 is 0 Å². The topological polar surface area (TPSA) is 112 Å². The van der Waals surface area contributed by atoms with Crippen molar-refractivity contribution in [2.45, 2.75) is 70.7 Å². The highest BCUT2D eigenvalue weighted by Crippen LogP contribution is 2.79. The molecule has 0 amide bonds. The van der Waals surface area contributed by atoms with Gasteiger partial charge in [0, 0.05) is 23.1 Å². The Labute approximate surface area is 181 Å². The van der Waals surface area contributed by atoms with Gasteiger partial charge in [-0.25, -0.2) is 0 Å². The first kappa shape index (κ1) is 22.0. The molecule has 7 heteroatoms. The standard InChI is InChI=1S/C24H31NO6/c1-15-18(31-13-16-9-7-6-8-10-16)17(26)11-12-25(15)14-22(28)21(4,5)24(22,30)23(29)19(27)20(23,2)3/h6-12,19,27-30H,13-14H2,1-5H3/t19?,22-,23+,24-/m1/s1. The Hall–Kier alpha value is -2.19. The number of benzene rings is 1. The molecule has 1 aromatic heterocycles. The first-order valence-corrected chi connectivity index (χ1v) is 10.5. The molecule has 0 radical (unpaired) electrons. The molecule has 168 valence electrons. The van der Waals surface area contributed by atoms with Crippen LogP contribution in [0.15, 0.2) is 47.4 Å². The average Bonchev–Trinajstić information content (AvgIpc) is 3.30. The fourth-order valence-corrected chi connectivity index (χ4v) is 5.38. The van der Waals surface area contributed by atoms with E-state index in [1.165, 1.54) is 6.07 Å². The van der Waals surface area contributed by atoms with Gasteiger partial charge in [0.1, 0.15) is 23.4 Å². The summed E-state index contributed by atoms with van der Waals surface area (Å²) < 4.78 is 7.44. The first-order chi connectivity index (χ1) is 14.3. The van der Waals surface area contributed by atoms with Gasteiger partial charge in [-0.2, -0.15) is 0 Å². The highest BCUT2D eigenvalue weighted by Gasteiger charge is 2.98. The SMILES string of the molecule is Cc1c(OCc2ccccc2)c(=O)ccn1C[C@@]1(O)C(C)(C)[C@]1(O)[C@]1(O)C(O)C1(C)C. The largest absolute Gasteiger partial charge is 0.483 e. The van der Waals surface area contributed by atoms with Crippen LogP contribution in [0.25, 0.3) is 0 Å². The predicted molar refractivity (Wildman–Crippen MR) is 115 cm³/mol. The second kappa shape index (κ2) is 6.42. The third-order valence-electron chi connectivity index (χ3n) is 8.02. The summed E-state index contributed by atoms with van der Waals surface area (Å²) in [6, 6.07) is 10.8. The minimum atomic E-state index is -1.92. The van der Waals surface area contributed by atoms with Crippen molar-refractivity contribution in [3.8, 4) is 5.75 Å². The molecule has 2 aliphatic rings. The molecular formula is C24H31NO6. The third kappa shape index (κ3) is 2.52. The smallest absolute Gasteiger partial charge is 0.223 e. The Kier molecular flexibility index (Phi) is 4.56. The van der Waals surface area contributed by atoms with Gasteiger partial charge >= 0.3 is 0 Å². The monoisotopic (exact) mass is 429 g/mol. The summed E-state index contributed by atoms with van der Waals surface area (Å²) in [5.74, 6) is 0.169. The number of hydrogen-bond donors (Lipinski definition) is 4. The quantitative estimate of drug-likeness (QED) is 0.552. The zero-order valence-corrected chi connectivity index (χ0v) is 18.6. The zero-order valence-electron chi connectivity index (χ0n) is 18.6. The van der Waals surface area contributed by atoms with Crippen LogP contribution in [-0.2, 0) is 13.2 Å². The van der Waals surface area contributed by atoms with E-state index in [-0.39, 0.29) is 24.3 Å². The fourth-order valence-electron chi connectivity index (χ4n) is 5.38. The van der Waals surface area contributed by atoms with Crippen LogP contribution in [0.3, 0.4) is 0 Å². The summed E-state index contributed by atoms with van der Waals surface area (Å²) in [5, 5.41) is 44.4. The molecule has 0 bridgehead atoms. The fraction of sp³-hybridized carbons (Fsp3) is 0.542. The summed E-state index contributed by atoms with van der Waals surface area (Å²) in [6.07, 6.45) is 0.386. The van der Waals surface area contributed by atoms with E-state index in [1.54, 1.807) is 45.4 Å². The molecule has 2 saturated carbocycles. The molecule has 2 aromatic rings. The Bertz CT molecular complexity index is 1080. The number of rotatable bonds is 6. The normalized spacial score (nSPS) is 34.9. The van der Waals surface area contributed by atoms with Gasteiger partial charge in [0.05, 0.1) is 18.3 Å². The van der Waals surface area contributed by atoms with Crippen molar-refractivity contribution >= 4 is 0 Å². The molecule has 1 aromatic carbocycles. The van der Waals surface area contributed by atoms with Crippen LogP contribution < -0.4 is 10.2 Å². The van der Waals surface area contributed by atoms with Gasteiger partial charge in [-0.05, 0) is 12.5 Å². The van der Waals surface area contributed by atoms with Crippen molar-refractivity contribution in [1.29, 1.82) is 0 Å². The average molecular weight is 430 g/mol. The van der Waals surface area contributed by atoms with Crippen LogP contribution in [0.5, 0.6) is 5.75 Å². The van der Waals surface area contributed by atoms with Gasteiger partial charge in [0.2, 0.25) is 5.43 Å². The summed E-state index contributed by atoms with van der Waals surface area (Å²) in [5.41, 5.74) is -6.38. The lowest BCUT2D eigenvalue weighted by atomic mass is 9.93. The summed E-state index contributed by atoms with van der Waals surface area (Å²) >= 11 is 0. The van der Waals surface area contributed by atoms with Gasteiger partial charge in [-0.1, -0.05) is 58.0 Å². The van der Waals surface area contributed by atoms with Crippen molar-refractivity contribution in [3.63, 3.8) is 0 Å². The van der Waals surface area contributed by atoms with E-state index in [2.05, 4.69) is 0 Å². The molecule has 31 heavy (non-hydrogen) atoms. The van der Waals surface area contributed by atoms with Crippen molar-refractivity contribution in [2.24, 2.45) is 10.8 Å². The number of ether oxygens (including phenoxy) is 1. The molecule has 4 atom stereocenters.